The van der Waals surface area contributed by atoms with Gasteiger partial charge in [0.05, 0.1) is 0 Å². The van der Waals surface area contributed by atoms with Crippen LogP contribution < -0.4 is 5.73 Å². The summed E-state index contributed by atoms with van der Waals surface area (Å²) in [6, 6.07) is 45.0. The van der Waals surface area contributed by atoms with Gasteiger partial charge in [0.1, 0.15) is 22.9 Å². The quantitative estimate of drug-likeness (QED) is 0.120. The van der Waals surface area contributed by atoms with Crippen molar-refractivity contribution in [2.75, 3.05) is 0 Å². The van der Waals surface area contributed by atoms with Gasteiger partial charge in [0.2, 0.25) is 0 Å². The largest absolute Gasteiger partial charge is 0.458 e. The maximum absolute atomic E-state index is 6.53. The van der Waals surface area contributed by atoms with E-state index in [2.05, 4.69) is 103 Å². The molecule has 45 heavy (non-hydrogen) atoms. The predicted octanol–water partition coefficient (Wildman–Crippen LogP) is 10.4. The first-order valence-electron chi connectivity index (χ1n) is 15.8. The fraction of sp³-hybridized carbons (Fsp3) is 0.146. The van der Waals surface area contributed by atoms with Crippen LogP contribution in [0.2, 0.25) is 0 Å². The van der Waals surface area contributed by atoms with Gasteiger partial charge in [-0.2, -0.15) is 0 Å². The van der Waals surface area contributed by atoms with Crippen molar-refractivity contribution in [3.05, 3.63) is 162 Å². The van der Waals surface area contributed by atoms with E-state index in [9.17, 15) is 0 Å². The molecule has 1 aliphatic rings. The molecule has 0 radical (unpaired) electrons. The van der Waals surface area contributed by atoms with Crippen LogP contribution in [0.1, 0.15) is 60.1 Å². The summed E-state index contributed by atoms with van der Waals surface area (Å²) in [7, 11) is 0. The number of para-hydroxylation sites is 3. The molecular weight excluding hydrogens is 550 g/mol. The van der Waals surface area contributed by atoms with Crippen molar-refractivity contribution in [3.8, 4) is 0 Å². The Morgan fingerprint density at radius 2 is 1.44 bits per heavy atom. The second-order valence-electron chi connectivity index (χ2n) is 12.1. The van der Waals surface area contributed by atoms with Crippen molar-refractivity contribution in [1.82, 2.24) is 4.57 Å². The zero-order valence-corrected chi connectivity index (χ0v) is 25.3. The Hall–Kier alpha value is -5.35. The normalized spacial score (nSPS) is 17.8. The average molecular weight is 586 g/mol. The smallest absolute Gasteiger partial charge is 0.138 e. The summed E-state index contributed by atoms with van der Waals surface area (Å²) >= 11 is 0. The van der Waals surface area contributed by atoms with Gasteiger partial charge in [-0.15, -0.1) is 0 Å². The van der Waals surface area contributed by atoms with E-state index >= 15 is 0 Å². The molecule has 0 saturated heterocycles. The summed E-state index contributed by atoms with van der Waals surface area (Å²) in [6.45, 7) is 2.20. The first-order valence-corrected chi connectivity index (χ1v) is 15.8. The Balaban J connectivity index is 1.14. The van der Waals surface area contributed by atoms with E-state index < -0.39 is 0 Å². The van der Waals surface area contributed by atoms with Crippen LogP contribution in [0.25, 0.3) is 32.8 Å². The minimum absolute atomic E-state index is 0.0135. The van der Waals surface area contributed by atoms with Crippen molar-refractivity contribution >= 4 is 44.3 Å². The lowest BCUT2D eigenvalue weighted by molar-refractivity contribution is 0.456. The summed E-state index contributed by atoms with van der Waals surface area (Å²) in [6.07, 6.45) is 6.84. The van der Waals surface area contributed by atoms with Crippen molar-refractivity contribution in [3.63, 3.8) is 0 Å². The summed E-state index contributed by atoms with van der Waals surface area (Å²) < 4.78 is 9.08. The maximum Gasteiger partial charge on any atom is 0.138 e. The fourth-order valence-electron chi connectivity index (χ4n) is 7.14. The van der Waals surface area contributed by atoms with Gasteiger partial charge in [-0.05, 0) is 48.2 Å². The van der Waals surface area contributed by atoms with Gasteiger partial charge >= 0.3 is 0 Å². The zero-order valence-electron chi connectivity index (χ0n) is 25.3. The van der Waals surface area contributed by atoms with Gasteiger partial charge < -0.3 is 14.7 Å². The number of aliphatic imine (C=N–C) groups is 1. The number of aromatic nitrogens is 1. The SMILES string of the molecule is CC(c1cccc(C2C=CCC(n3c4ccccc4c4ccccc43)C2)c1)c1oc2ccccc2c1N=C(N)c1ccccc1. The van der Waals surface area contributed by atoms with Gasteiger partial charge in [0, 0.05) is 50.6 Å². The summed E-state index contributed by atoms with van der Waals surface area (Å²) in [5, 5.41) is 3.62. The molecule has 220 valence electrons. The fourth-order valence-corrected chi connectivity index (χ4v) is 7.14. The third-order valence-electron chi connectivity index (χ3n) is 9.41. The molecule has 0 aliphatic heterocycles. The molecule has 2 N–H and O–H groups in total. The number of fused-ring (bicyclic) bond motifs is 4. The number of hydrogen-bond donors (Lipinski definition) is 1. The molecule has 0 fully saturated rings. The number of allylic oxidation sites excluding steroid dienone is 2. The maximum atomic E-state index is 6.53. The molecule has 0 amide bonds. The van der Waals surface area contributed by atoms with Gasteiger partial charge in [-0.25, -0.2) is 4.99 Å². The van der Waals surface area contributed by atoms with Crippen LogP contribution in [0.3, 0.4) is 0 Å². The lowest BCUT2D eigenvalue weighted by Gasteiger charge is -2.28. The summed E-state index contributed by atoms with van der Waals surface area (Å²) in [5.74, 6) is 1.61. The predicted molar refractivity (Wildman–Crippen MR) is 187 cm³/mol. The standard InChI is InChI=1S/C41H35N3O/c1-27(40-39(35-21-7-10-24-38(35)45-40)43-41(42)28-13-3-2-4-14-28)29-15-11-16-30(25-29)31-17-12-18-32(26-31)44-36-22-8-5-19-33(36)34-20-6-9-23-37(34)44/h2-17,19-25,27,31-32H,18,26H2,1H3,(H2,42,43). The Labute approximate surface area is 263 Å². The Morgan fingerprint density at radius 1 is 0.778 bits per heavy atom. The molecule has 2 aromatic heterocycles. The highest BCUT2D eigenvalue weighted by Gasteiger charge is 2.26. The second kappa shape index (κ2) is 11.3. The zero-order chi connectivity index (χ0) is 30.3. The van der Waals surface area contributed by atoms with Crippen LogP contribution in [0.5, 0.6) is 0 Å². The number of nitrogens with zero attached hydrogens (tertiary/aromatic N) is 2. The second-order valence-corrected chi connectivity index (χ2v) is 12.1. The first kappa shape index (κ1) is 27.2. The van der Waals surface area contributed by atoms with E-state index in [-0.39, 0.29) is 5.92 Å². The molecule has 0 spiro atoms. The van der Waals surface area contributed by atoms with E-state index in [1.165, 1.54) is 32.9 Å². The van der Waals surface area contributed by atoms with Crippen molar-refractivity contribution in [1.29, 1.82) is 0 Å². The molecular formula is C41H35N3O. The molecule has 7 aromatic rings. The number of benzene rings is 5. The molecule has 5 aromatic carbocycles. The van der Waals surface area contributed by atoms with Gasteiger partial charge in [-0.3, -0.25) is 0 Å². The Morgan fingerprint density at radius 3 is 2.20 bits per heavy atom. The first-order chi connectivity index (χ1) is 22.2. The van der Waals surface area contributed by atoms with E-state index in [4.69, 9.17) is 15.1 Å². The van der Waals surface area contributed by atoms with Gasteiger partial charge in [0.15, 0.2) is 0 Å². The highest BCUT2D eigenvalue weighted by atomic mass is 16.3. The molecule has 4 nitrogen and oxygen atoms in total. The molecule has 0 bridgehead atoms. The summed E-state index contributed by atoms with van der Waals surface area (Å²) in [5.41, 5.74) is 14.2. The third-order valence-corrected chi connectivity index (χ3v) is 9.41. The number of hydrogen-bond acceptors (Lipinski definition) is 2. The molecule has 8 rings (SSSR count). The van der Waals surface area contributed by atoms with Crippen molar-refractivity contribution in [2.24, 2.45) is 10.7 Å². The van der Waals surface area contributed by atoms with Gasteiger partial charge in [-0.1, -0.05) is 122 Å². The lowest BCUT2D eigenvalue weighted by atomic mass is 9.84. The van der Waals surface area contributed by atoms with Crippen molar-refractivity contribution < 1.29 is 4.42 Å². The van der Waals surface area contributed by atoms with Crippen LogP contribution in [0.15, 0.2) is 149 Å². The molecule has 3 atom stereocenters. The van der Waals surface area contributed by atoms with Crippen molar-refractivity contribution in [2.45, 2.75) is 37.6 Å². The van der Waals surface area contributed by atoms with Gasteiger partial charge in [0.25, 0.3) is 0 Å². The van der Waals surface area contributed by atoms with Crippen LogP contribution in [0, 0.1) is 0 Å². The lowest BCUT2D eigenvalue weighted by Crippen LogP contribution is -2.15. The topological polar surface area (TPSA) is 56.5 Å². The van der Waals surface area contributed by atoms with E-state index in [1.807, 2.05) is 48.5 Å². The number of rotatable bonds is 6. The molecule has 4 heteroatoms. The molecule has 3 unspecified atom stereocenters. The Kier molecular flexibility index (Phi) is 6.83. The van der Waals surface area contributed by atoms with E-state index in [0.717, 1.165) is 40.8 Å². The molecule has 0 saturated carbocycles. The highest BCUT2D eigenvalue weighted by Crippen LogP contribution is 2.43. The van der Waals surface area contributed by atoms with Crippen LogP contribution in [-0.2, 0) is 0 Å². The molecule has 2 heterocycles. The minimum atomic E-state index is -0.0135. The van der Waals surface area contributed by atoms with Crippen LogP contribution in [0.4, 0.5) is 5.69 Å². The van der Waals surface area contributed by atoms with Crippen LogP contribution >= 0.6 is 0 Å². The summed E-state index contributed by atoms with van der Waals surface area (Å²) in [4.78, 5) is 4.95. The molecule has 1 aliphatic carbocycles. The van der Waals surface area contributed by atoms with E-state index in [0.29, 0.717) is 17.8 Å². The third kappa shape index (κ3) is 4.83. The minimum Gasteiger partial charge on any atom is -0.458 e. The average Bonchev–Trinajstić information content (AvgIpc) is 3.64. The van der Waals surface area contributed by atoms with Crippen LogP contribution in [-0.4, -0.2) is 10.4 Å². The highest BCUT2D eigenvalue weighted by molar-refractivity contribution is 6.08. The number of furan rings is 1. The monoisotopic (exact) mass is 585 g/mol. The number of nitrogens with two attached hydrogens (primary N) is 1. The van der Waals surface area contributed by atoms with E-state index in [1.54, 1.807) is 0 Å². The number of amidine groups is 1. The Bertz CT molecular complexity index is 2170.